The van der Waals surface area contributed by atoms with E-state index in [1.807, 2.05) is 18.2 Å². The van der Waals surface area contributed by atoms with Crippen LogP contribution in [0.15, 0.2) is 53.4 Å². The maximum atomic E-state index is 12.6. The predicted octanol–water partition coefficient (Wildman–Crippen LogP) is 2.68. The van der Waals surface area contributed by atoms with Crippen LogP contribution in [0.3, 0.4) is 0 Å². The van der Waals surface area contributed by atoms with Crippen LogP contribution in [0.25, 0.3) is 0 Å². The summed E-state index contributed by atoms with van der Waals surface area (Å²) in [6.45, 7) is 1.50. The highest BCUT2D eigenvalue weighted by Gasteiger charge is 2.26. The zero-order valence-electron chi connectivity index (χ0n) is 17.3. The number of hydrogen-bond donors (Lipinski definition) is 1. The van der Waals surface area contributed by atoms with E-state index in [1.54, 1.807) is 0 Å². The molecule has 0 saturated carbocycles. The molecule has 0 fully saturated rings. The van der Waals surface area contributed by atoms with Gasteiger partial charge in [-0.3, -0.25) is 4.79 Å². The van der Waals surface area contributed by atoms with E-state index < -0.39 is 22.1 Å². The van der Waals surface area contributed by atoms with Gasteiger partial charge in [0.2, 0.25) is 10.0 Å². The number of fused-ring (bicyclic) bond motifs is 1. The van der Waals surface area contributed by atoms with Crippen molar-refractivity contribution in [1.82, 2.24) is 9.62 Å². The summed E-state index contributed by atoms with van der Waals surface area (Å²) in [5.74, 6) is -1.14. The largest absolute Gasteiger partial charge is 0.449 e. The Morgan fingerprint density at radius 2 is 1.87 bits per heavy atom. The number of hydrogen-bond acceptors (Lipinski definition) is 5. The Kier molecular flexibility index (Phi) is 6.58. The SMILES string of the molecule is CC(OC(=O)c1cccc(S(=O)(=O)N(C)C)c1)C(=O)NC1CCCc2ccccc21. The van der Waals surface area contributed by atoms with Gasteiger partial charge in [0.25, 0.3) is 5.91 Å². The first kappa shape index (κ1) is 22.0. The van der Waals surface area contributed by atoms with Crippen LogP contribution in [0.5, 0.6) is 0 Å². The van der Waals surface area contributed by atoms with E-state index in [9.17, 15) is 18.0 Å². The van der Waals surface area contributed by atoms with Gasteiger partial charge in [-0.2, -0.15) is 0 Å². The molecule has 160 valence electrons. The van der Waals surface area contributed by atoms with Crippen LogP contribution in [0, 0.1) is 0 Å². The lowest BCUT2D eigenvalue weighted by Crippen LogP contribution is -2.39. The summed E-state index contributed by atoms with van der Waals surface area (Å²) >= 11 is 0. The molecule has 0 aliphatic heterocycles. The van der Waals surface area contributed by atoms with Crippen molar-refractivity contribution in [2.75, 3.05) is 14.1 Å². The molecule has 2 unspecified atom stereocenters. The van der Waals surface area contributed by atoms with Crippen LogP contribution in [-0.2, 0) is 26.0 Å². The molecular weight excluding hydrogens is 404 g/mol. The van der Waals surface area contributed by atoms with Crippen molar-refractivity contribution in [3.8, 4) is 0 Å². The zero-order valence-corrected chi connectivity index (χ0v) is 18.1. The summed E-state index contributed by atoms with van der Waals surface area (Å²) in [5, 5.41) is 2.96. The van der Waals surface area contributed by atoms with E-state index in [0.29, 0.717) is 0 Å². The van der Waals surface area contributed by atoms with Gasteiger partial charge in [-0.15, -0.1) is 0 Å². The molecule has 30 heavy (non-hydrogen) atoms. The Hall–Kier alpha value is -2.71. The molecule has 2 atom stereocenters. The minimum atomic E-state index is -3.68. The Labute approximate surface area is 177 Å². The molecule has 1 N–H and O–H groups in total. The monoisotopic (exact) mass is 430 g/mol. The number of rotatable bonds is 6. The number of esters is 1. The number of carbonyl (C=O) groups is 2. The van der Waals surface area contributed by atoms with Crippen LogP contribution in [-0.4, -0.2) is 44.8 Å². The maximum absolute atomic E-state index is 12.6. The minimum Gasteiger partial charge on any atom is -0.449 e. The number of ether oxygens (including phenoxy) is 1. The highest BCUT2D eigenvalue weighted by Crippen LogP contribution is 2.29. The third-order valence-corrected chi connectivity index (χ3v) is 7.00. The normalized spacial score (nSPS) is 17.1. The molecule has 2 aromatic rings. The van der Waals surface area contributed by atoms with E-state index in [-0.39, 0.29) is 22.4 Å². The topological polar surface area (TPSA) is 92.8 Å². The van der Waals surface area contributed by atoms with E-state index in [4.69, 9.17) is 4.74 Å². The molecule has 8 heteroatoms. The summed E-state index contributed by atoms with van der Waals surface area (Å²) in [6, 6.07) is 13.5. The van der Waals surface area contributed by atoms with Gasteiger partial charge in [0.1, 0.15) is 0 Å². The van der Waals surface area contributed by atoms with Crippen LogP contribution >= 0.6 is 0 Å². The quantitative estimate of drug-likeness (QED) is 0.712. The van der Waals surface area contributed by atoms with Crippen molar-refractivity contribution in [3.05, 3.63) is 65.2 Å². The van der Waals surface area contributed by atoms with E-state index in [0.717, 1.165) is 29.1 Å². The van der Waals surface area contributed by atoms with Crippen molar-refractivity contribution in [1.29, 1.82) is 0 Å². The Bertz CT molecular complexity index is 1050. The van der Waals surface area contributed by atoms with Crippen LogP contribution < -0.4 is 5.32 Å². The number of nitrogens with zero attached hydrogens (tertiary/aromatic N) is 1. The summed E-state index contributed by atoms with van der Waals surface area (Å²) in [5.41, 5.74) is 2.38. The van der Waals surface area contributed by atoms with Crippen LogP contribution in [0.1, 0.15) is 47.3 Å². The third-order valence-electron chi connectivity index (χ3n) is 5.19. The molecule has 0 aromatic heterocycles. The highest BCUT2D eigenvalue weighted by molar-refractivity contribution is 7.89. The molecule has 7 nitrogen and oxygen atoms in total. The van der Waals surface area contributed by atoms with Crippen molar-refractivity contribution < 1.29 is 22.7 Å². The maximum Gasteiger partial charge on any atom is 0.338 e. The second-order valence-electron chi connectivity index (χ2n) is 7.52. The molecule has 0 saturated heterocycles. The van der Waals surface area contributed by atoms with E-state index >= 15 is 0 Å². The van der Waals surface area contributed by atoms with Crippen molar-refractivity contribution >= 4 is 21.9 Å². The number of amides is 1. The van der Waals surface area contributed by atoms with Gasteiger partial charge in [0, 0.05) is 14.1 Å². The molecule has 0 bridgehead atoms. The fourth-order valence-electron chi connectivity index (χ4n) is 3.47. The Morgan fingerprint density at radius 1 is 1.13 bits per heavy atom. The molecule has 2 aromatic carbocycles. The molecule has 1 aliphatic rings. The highest BCUT2D eigenvalue weighted by atomic mass is 32.2. The van der Waals surface area contributed by atoms with Crippen LogP contribution in [0.2, 0.25) is 0 Å². The number of carbonyl (C=O) groups excluding carboxylic acids is 2. The lowest BCUT2D eigenvalue weighted by atomic mass is 9.87. The molecule has 3 rings (SSSR count). The smallest absolute Gasteiger partial charge is 0.338 e. The fraction of sp³-hybridized carbons (Fsp3) is 0.364. The molecule has 0 heterocycles. The van der Waals surface area contributed by atoms with Gasteiger partial charge in [0.05, 0.1) is 16.5 Å². The number of aryl methyl sites for hydroxylation is 1. The zero-order chi connectivity index (χ0) is 21.9. The van der Waals surface area contributed by atoms with E-state index in [2.05, 4.69) is 11.4 Å². The van der Waals surface area contributed by atoms with Gasteiger partial charge in [-0.25, -0.2) is 17.5 Å². The van der Waals surface area contributed by atoms with Gasteiger partial charge >= 0.3 is 5.97 Å². The van der Waals surface area contributed by atoms with E-state index in [1.165, 1.54) is 50.8 Å². The van der Waals surface area contributed by atoms with Crippen LogP contribution in [0.4, 0.5) is 0 Å². The minimum absolute atomic E-state index is 0.0159. The first-order valence-electron chi connectivity index (χ1n) is 9.82. The fourth-order valence-corrected chi connectivity index (χ4v) is 4.42. The predicted molar refractivity (Wildman–Crippen MR) is 112 cm³/mol. The molecule has 1 amide bonds. The number of sulfonamides is 1. The molecule has 0 spiro atoms. The Morgan fingerprint density at radius 3 is 2.60 bits per heavy atom. The standard InChI is InChI=1S/C22H26N2O5S/c1-15(21(25)23-20-13-7-9-16-8-4-5-12-19(16)20)29-22(26)17-10-6-11-18(14-17)30(27,28)24(2)3/h4-6,8,10-12,14-15,20H,7,9,13H2,1-3H3,(H,23,25). The summed E-state index contributed by atoms with van der Waals surface area (Å²) in [7, 11) is -0.853. The van der Waals surface area contributed by atoms with Crippen molar-refractivity contribution in [2.45, 2.75) is 43.2 Å². The van der Waals surface area contributed by atoms with Gasteiger partial charge in [-0.05, 0) is 55.5 Å². The summed E-state index contributed by atoms with van der Waals surface area (Å²) in [4.78, 5) is 25.1. The Balaban J connectivity index is 1.67. The second-order valence-corrected chi connectivity index (χ2v) is 9.67. The molecule has 1 aliphatic carbocycles. The number of benzene rings is 2. The van der Waals surface area contributed by atoms with Crippen molar-refractivity contribution in [2.24, 2.45) is 0 Å². The van der Waals surface area contributed by atoms with Gasteiger partial charge in [0.15, 0.2) is 6.10 Å². The third kappa shape index (κ3) is 4.71. The van der Waals surface area contributed by atoms with Gasteiger partial charge < -0.3 is 10.1 Å². The average molecular weight is 431 g/mol. The second kappa shape index (κ2) is 8.97. The van der Waals surface area contributed by atoms with Crippen molar-refractivity contribution in [3.63, 3.8) is 0 Å². The lowest BCUT2D eigenvalue weighted by molar-refractivity contribution is -0.130. The van der Waals surface area contributed by atoms with Gasteiger partial charge in [-0.1, -0.05) is 30.3 Å². The first-order chi connectivity index (χ1) is 14.2. The summed E-state index contributed by atoms with van der Waals surface area (Å²) < 4.78 is 30.9. The molecular formula is C22H26N2O5S. The summed E-state index contributed by atoms with van der Waals surface area (Å²) in [6.07, 6.45) is 1.77. The lowest BCUT2D eigenvalue weighted by Gasteiger charge is -2.27. The first-order valence-corrected chi connectivity index (χ1v) is 11.3. The molecule has 0 radical (unpaired) electrons. The number of nitrogens with one attached hydrogen (secondary N) is 1. The average Bonchev–Trinajstić information content (AvgIpc) is 2.73.